The maximum absolute atomic E-state index is 3.99. The van der Waals surface area contributed by atoms with Crippen LogP contribution in [0.15, 0.2) is 146 Å². The highest BCUT2D eigenvalue weighted by molar-refractivity contribution is 5.98. The lowest BCUT2D eigenvalue weighted by Crippen LogP contribution is -2.30. The molecule has 6 aromatic carbocycles. The van der Waals surface area contributed by atoms with Gasteiger partial charge in [0.25, 0.3) is 0 Å². The summed E-state index contributed by atoms with van der Waals surface area (Å²) in [5.74, 6) is 1.92. The summed E-state index contributed by atoms with van der Waals surface area (Å²) in [6, 6.07) is 54.6. The van der Waals surface area contributed by atoms with E-state index in [4.69, 9.17) is 0 Å². The molecule has 2 atom stereocenters. The van der Waals surface area contributed by atoms with Crippen LogP contribution in [0.3, 0.4) is 0 Å². The molecule has 0 aliphatic heterocycles. The zero-order valence-corrected chi connectivity index (χ0v) is 30.9. The Kier molecular flexibility index (Phi) is 10.4. The molecule has 258 valence electrons. The molecular weight excluding hydrogens is 619 g/mol. The molecule has 3 heteroatoms. The van der Waals surface area contributed by atoms with Crippen molar-refractivity contribution in [3.05, 3.63) is 168 Å². The summed E-state index contributed by atoms with van der Waals surface area (Å²) >= 11 is 0. The number of fused-ring (bicyclic) bond motifs is 1. The van der Waals surface area contributed by atoms with Crippen molar-refractivity contribution in [3.8, 4) is 0 Å². The monoisotopic (exact) mass is 670 g/mol. The van der Waals surface area contributed by atoms with Crippen LogP contribution >= 0.6 is 0 Å². The molecule has 2 unspecified atom stereocenters. The fraction of sp³-hybridized carbons (Fsp3) is 0.271. The summed E-state index contributed by atoms with van der Waals surface area (Å²) in [5, 5.41) is 6.55. The van der Waals surface area contributed by atoms with Crippen molar-refractivity contribution in [1.82, 2.24) is 0 Å². The number of rotatable bonds is 11. The number of anilines is 5. The lowest BCUT2D eigenvalue weighted by atomic mass is 9.82. The van der Waals surface area contributed by atoms with Crippen LogP contribution in [0.1, 0.15) is 77.0 Å². The van der Waals surface area contributed by atoms with E-state index in [-0.39, 0.29) is 0 Å². The Balaban J connectivity index is 1.32. The number of hydrogen-bond donors (Lipinski definition) is 1. The van der Waals surface area contributed by atoms with Crippen LogP contribution in [0.5, 0.6) is 0 Å². The average molecular weight is 671 g/mol. The zero-order valence-electron chi connectivity index (χ0n) is 30.9. The van der Waals surface area contributed by atoms with Gasteiger partial charge >= 0.3 is 0 Å². The second-order valence-electron chi connectivity index (χ2n) is 14.8. The third kappa shape index (κ3) is 7.35. The molecule has 0 saturated heterocycles. The van der Waals surface area contributed by atoms with Gasteiger partial charge in [-0.05, 0) is 144 Å². The van der Waals surface area contributed by atoms with Crippen LogP contribution in [-0.2, 0) is 0 Å². The van der Waals surface area contributed by atoms with Crippen molar-refractivity contribution in [2.24, 2.45) is 5.92 Å². The van der Waals surface area contributed by atoms with E-state index in [2.05, 4.69) is 195 Å². The lowest BCUT2D eigenvalue weighted by molar-refractivity contribution is 0.350. The third-order valence-corrected chi connectivity index (χ3v) is 10.6. The molecular formula is C48H52N3+. The largest absolute Gasteiger partial charge is 0.381 e. The molecule has 0 aromatic heterocycles. The predicted octanol–water partition coefficient (Wildman–Crippen LogP) is 12.9. The standard InChI is InChI=1S/C48H52N3/c1-34(2)50(39-17-8-6-9-18-39)41-28-24-37(25-29-41)48(38-26-30-42(31-27-38)51(35(3)4)40-19-10-7-11-20-40)45-32-33-47(44-22-14-13-21-43(44)45)49-46-23-15-12-16-36(46)5/h6-11,13-14,17-22,24-36,46,49H,12,15-16,23H2,1-5H3/q+1. The molecule has 0 radical (unpaired) electrons. The van der Waals surface area contributed by atoms with E-state index >= 15 is 0 Å². The van der Waals surface area contributed by atoms with Gasteiger partial charge in [0.1, 0.15) is 0 Å². The first kappa shape index (κ1) is 34.3. The van der Waals surface area contributed by atoms with Crippen LogP contribution in [0.4, 0.5) is 28.4 Å². The van der Waals surface area contributed by atoms with Gasteiger partial charge in [0.05, 0.1) is 39.7 Å². The molecule has 0 heterocycles. The van der Waals surface area contributed by atoms with Crippen molar-refractivity contribution in [2.45, 2.75) is 78.4 Å². The van der Waals surface area contributed by atoms with Gasteiger partial charge < -0.3 is 15.1 Å². The van der Waals surface area contributed by atoms with E-state index in [0.29, 0.717) is 24.0 Å². The highest BCUT2D eigenvalue weighted by Gasteiger charge is 2.28. The normalized spacial score (nSPS) is 16.0. The average Bonchev–Trinajstić information content (AvgIpc) is 3.15. The summed E-state index contributed by atoms with van der Waals surface area (Å²) in [4.78, 5) is 4.81. The highest BCUT2D eigenvalue weighted by Crippen LogP contribution is 2.41. The van der Waals surface area contributed by atoms with Crippen molar-refractivity contribution in [3.63, 3.8) is 0 Å². The number of hydrogen-bond acceptors (Lipinski definition) is 3. The molecule has 6 aromatic rings. The summed E-state index contributed by atoms with van der Waals surface area (Å²) in [5.41, 5.74) is 9.69. The first-order valence-electron chi connectivity index (χ1n) is 18.9. The summed E-state index contributed by atoms with van der Waals surface area (Å²) in [6.45, 7) is 11.4. The minimum Gasteiger partial charge on any atom is -0.381 e. The molecule has 1 saturated carbocycles. The van der Waals surface area contributed by atoms with E-state index in [9.17, 15) is 0 Å². The Morgan fingerprint density at radius 2 is 0.961 bits per heavy atom. The second kappa shape index (κ2) is 15.4. The Bertz CT molecular complexity index is 1900. The van der Waals surface area contributed by atoms with Crippen LogP contribution in [0.2, 0.25) is 0 Å². The fourth-order valence-corrected chi connectivity index (χ4v) is 8.10. The summed E-state index contributed by atoms with van der Waals surface area (Å²) < 4.78 is 0. The summed E-state index contributed by atoms with van der Waals surface area (Å²) in [7, 11) is 0. The smallest absolute Gasteiger partial charge is 0.0638 e. The Hall–Kier alpha value is -5.15. The van der Waals surface area contributed by atoms with Gasteiger partial charge in [-0.2, -0.15) is 0 Å². The number of para-hydroxylation sites is 2. The molecule has 1 fully saturated rings. The van der Waals surface area contributed by atoms with Crippen molar-refractivity contribution < 1.29 is 0 Å². The lowest BCUT2D eigenvalue weighted by Gasteiger charge is -2.31. The van der Waals surface area contributed by atoms with Crippen LogP contribution in [0, 0.1) is 11.8 Å². The molecule has 1 aliphatic rings. The topological polar surface area (TPSA) is 18.5 Å². The SMILES string of the molecule is CC1CCCCC1Nc1ccc([C+](c2ccc(N(c3ccccc3)C(C)C)cc2)c2ccc(N(c3ccccc3)C(C)C)cc2)c2ccccc12. The molecule has 1 aliphatic carbocycles. The first-order chi connectivity index (χ1) is 24.9. The predicted molar refractivity (Wildman–Crippen MR) is 220 cm³/mol. The maximum Gasteiger partial charge on any atom is 0.0638 e. The molecule has 1 N–H and O–H groups in total. The molecule has 0 amide bonds. The number of nitrogens with zero attached hydrogens (tertiary/aromatic N) is 2. The molecule has 0 bridgehead atoms. The van der Waals surface area contributed by atoms with E-state index in [1.807, 2.05) is 0 Å². The van der Waals surface area contributed by atoms with Gasteiger partial charge in [-0.3, -0.25) is 0 Å². The van der Waals surface area contributed by atoms with Gasteiger partial charge in [-0.25, -0.2) is 0 Å². The van der Waals surface area contributed by atoms with E-state index in [1.165, 1.54) is 87.5 Å². The van der Waals surface area contributed by atoms with Crippen LogP contribution in [-0.4, -0.2) is 18.1 Å². The number of nitrogens with one attached hydrogen (secondary N) is 1. The van der Waals surface area contributed by atoms with Crippen molar-refractivity contribution in [2.75, 3.05) is 15.1 Å². The minimum absolute atomic E-state index is 0.318. The molecule has 7 rings (SSSR count). The van der Waals surface area contributed by atoms with E-state index in [0.717, 1.165) is 0 Å². The molecule has 0 spiro atoms. The van der Waals surface area contributed by atoms with Gasteiger partial charge in [0.2, 0.25) is 0 Å². The molecule has 51 heavy (non-hydrogen) atoms. The van der Waals surface area contributed by atoms with Gasteiger partial charge in [0.15, 0.2) is 0 Å². The second-order valence-corrected chi connectivity index (χ2v) is 14.8. The Morgan fingerprint density at radius 3 is 1.45 bits per heavy atom. The Morgan fingerprint density at radius 1 is 0.510 bits per heavy atom. The highest BCUT2D eigenvalue weighted by atomic mass is 15.2. The van der Waals surface area contributed by atoms with E-state index < -0.39 is 0 Å². The van der Waals surface area contributed by atoms with Crippen LogP contribution < -0.4 is 15.1 Å². The van der Waals surface area contributed by atoms with E-state index in [1.54, 1.807) is 0 Å². The molecule has 3 nitrogen and oxygen atoms in total. The van der Waals surface area contributed by atoms with Gasteiger partial charge in [-0.1, -0.05) is 68.3 Å². The first-order valence-corrected chi connectivity index (χ1v) is 18.9. The third-order valence-electron chi connectivity index (χ3n) is 10.6. The Labute approximate surface area is 306 Å². The number of benzene rings is 6. The minimum atomic E-state index is 0.318. The maximum atomic E-state index is 3.99. The van der Waals surface area contributed by atoms with Gasteiger partial charge in [-0.15, -0.1) is 0 Å². The van der Waals surface area contributed by atoms with Crippen molar-refractivity contribution in [1.29, 1.82) is 0 Å². The summed E-state index contributed by atoms with van der Waals surface area (Å²) in [6.07, 6.45) is 5.18. The fourth-order valence-electron chi connectivity index (χ4n) is 8.10. The van der Waals surface area contributed by atoms with Crippen molar-refractivity contribution >= 4 is 39.2 Å². The zero-order chi connectivity index (χ0) is 35.3. The van der Waals surface area contributed by atoms with Crippen LogP contribution in [0.25, 0.3) is 10.8 Å². The quantitative estimate of drug-likeness (QED) is 0.109. The van der Waals surface area contributed by atoms with Gasteiger partial charge in [0, 0.05) is 40.3 Å².